The highest BCUT2D eigenvalue weighted by atomic mass is 31.1. The number of amides is 1. The summed E-state index contributed by atoms with van der Waals surface area (Å²) in [5.41, 5.74) is -1.37. The van der Waals surface area contributed by atoms with Crippen molar-refractivity contribution >= 4 is 20.1 Å². The van der Waals surface area contributed by atoms with Gasteiger partial charge in [-0.3, -0.25) is 23.9 Å². The van der Waals surface area contributed by atoms with Crippen LogP contribution < -0.4 is 16.6 Å². The van der Waals surface area contributed by atoms with E-state index in [1.807, 2.05) is 13.8 Å². The number of nitrogens with zero attached hydrogens (tertiary/aromatic N) is 1. The minimum absolute atomic E-state index is 0.157. The highest BCUT2D eigenvalue weighted by molar-refractivity contribution is 7.32. The number of aromatic nitrogens is 2. The summed E-state index contributed by atoms with van der Waals surface area (Å²) in [4.78, 5) is 60.7. The Kier molecular flexibility index (Phi) is 23.0. The van der Waals surface area contributed by atoms with Gasteiger partial charge in [0.25, 0.3) is 11.5 Å². The summed E-state index contributed by atoms with van der Waals surface area (Å²) in [6.07, 6.45) is 15.1. The number of carbonyl (C=O) groups excluding carboxylic acids is 2. The highest BCUT2D eigenvalue weighted by Gasteiger charge is 2.51. The molecule has 1 aromatic rings. The lowest BCUT2D eigenvalue weighted by Crippen LogP contribution is -2.41. The van der Waals surface area contributed by atoms with Crippen LogP contribution in [0.25, 0.3) is 0 Å². The van der Waals surface area contributed by atoms with Crippen LogP contribution in [0.1, 0.15) is 143 Å². The molecular formula is C36H63N3O11P+. The lowest BCUT2D eigenvalue weighted by molar-refractivity contribution is -0.158. The predicted molar refractivity (Wildman–Crippen MR) is 193 cm³/mol. The number of aliphatic hydroxyl groups is 1. The minimum Gasteiger partial charge on any atom is -0.452 e. The molecule has 1 fully saturated rings. The molecule has 1 aliphatic heterocycles. The summed E-state index contributed by atoms with van der Waals surface area (Å²) in [5.74, 6) is -0.796. The van der Waals surface area contributed by atoms with Crippen LogP contribution in [0.15, 0.2) is 21.9 Å². The zero-order chi connectivity index (χ0) is 37.4. The highest BCUT2D eigenvalue weighted by Crippen LogP contribution is 2.37. The second kappa shape index (κ2) is 26.3. The van der Waals surface area contributed by atoms with Crippen molar-refractivity contribution in [1.82, 2.24) is 14.9 Å². The Morgan fingerprint density at radius 3 is 2.08 bits per heavy atom. The first-order valence-electron chi connectivity index (χ1n) is 19.1. The standard InChI is InChI=1S/C36H62N3O11P/c1-4-5-6-7-8-9-10-11-12-13-14-15-18-21-30(42)49-31(27(2)3)34(43)37-23-19-16-17-20-25-47-33-32(50-51(45)46)28(26-40)48-35(33)39-24-22-29(41)38-36(39)44/h22,24,27-28,31-33,35,40H,4-21,23,25-26H2,1-3H3,(H2-,37,38,41,43,44,45,46)/p+1/t28-,31?,32?,33+,35-/m1/s1. The zero-order valence-corrected chi connectivity index (χ0v) is 31.8. The van der Waals surface area contributed by atoms with Crippen molar-refractivity contribution in [3.05, 3.63) is 33.1 Å². The molecule has 15 heteroatoms. The smallest absolute Gasteiger partial charge is 0.452 e. The van der Waals surface area contributed by atoms with Crippen LogP contribution in [0.5, 0.6) is 0 Å². The molecule has 0 spiro atoms. The summed E-state index contributed by atoms with van der Waals surface area (Å²) < 4.78 is 34.9. The van der Waals surface area contributed by atoms with Crippen molar-refractivity contribution in [3.63, 3.8) is 0 Å². The number of nitrogens with one attached hydrogen (secondary N) is 2. The van der Waals surface area contributed by atoms with E-state index in [0.717, 1.165) is 42.7 Å². The number of ether oxygens (including phenoxy) is 3. The lowest BCUT2D eigenvalue weighted by Gasteiger charge is -2.22. The molecule has 51 heavy (non-hydrogen) atoms. The van der Waals surface area contributed by atoms with E-state index in [2.05, 4.69) is 17.2 Å². The molecule has 0 aliphatic carbocycles. The first-order valence-corrected chi connectivity index (χ1v) is 20.2. The van der Waals surface area contributed by atoms with Gasteiger partial charge in [-0.2, -0.15) is 0 Å². The molecule has 1 amide bonds. The van der Waals surface area contributed by atoms with Gasteiger partial charge in [0.05, 0.1) is 6.61 Å². The molecule has 3 unspecified atom stereocenters. The maximum absolute atomic E-state index is 12.8. The van der Waals surface area contributed by atoms with Crippen molar-refractivity contribution < 1.29 is 42.9 Å². The van der Waals surface area contributed by atoms with Crippen LogP contribution in [0.2, 0.25) is 0 Å². The summed E-state index contributed by atoms with van der Waals surface area (Å²) in [7, 11) is -3.06. The maximum Gasteiger partial charge on any atom is 0.695 e. The van der Waals surface area contributed by atoms with E-state index in [1.54, 1.807) is 0 Å². The summed E-state index contributed by atoms with van der Waals surface area (Å²) in [6, 6.07) is 1.13. The third-order valence-electron chi connectivity index (χ3n) is 9.09. The van der Waals surface area contributed by atoms with Crippen LogP contribution in [0.4, 0.5) is 0 Å². The summed E-state index contributed by atoms with van der Waals surface area (Å²) in [5, 5.41) is 12.6. The van der Waals surface area contributed by atoms with Gasteiger partial charge in [0.15, 0.2) is 18.4 Å². The monoisotopic (exact) mass is 744 g/mol. The number of hydrogen-bond acceptors (Lipinski definition) is 10. The molecule has 6 atom stereocenters. The van der Waals surface area contributed by atoms with Gasteiger partial charge in [0, 0.05) is 36.4 Å². The van der Waals surface area contributed by atoms with Crippen LogP contribution in [-0.2, 0) is 32.9 Å². The molecular weight excluding hydrogens is 681 g/mol. The second-order valence-corrected chi connectivity index (χ2v) is 14.4. The molecule has 1 aliphatic rings. The Bertz CT molecular complexity index is 1260. The first-order chi connectivity index (χ1) is 24.6. The zero-order valence-electron chi connectivity index (χ0n) is 30.9. The van der Waals surface area contributed by atoms with Gasteiger partial charge in [-0.1, -0.05) is 111 Å². The Morgan fingerprint density at radius 1 is 0.922 bits per heavy atom. The van der Waals surface area contributed by atoms with Crippen LogP contribution in [0.3, 0.4) is 0 Å². The number of H-pyrrole nitrogens is 1. The van der Waals surface area contributed by atoms with E-state index < -0.39 is 56.8 Å². The van der Waals surface area contributed by atoms with Gasteiger partial charge in [0.2, 0.25) is 0 Å². The number of rotatable bonds is 29. The number of hydrogen-bond donors (Lipinski definition) is 4. The second-order valence-electron chi connectivity index (χ2n) is 13.8. The molecule has 4 N–H and O–H groups in total. The largest absolute Gasteiger partial charge is 0.695 e. The van der Waals surface area contributed by atoms with E-state index in [4.69, 9.17) is 18.7 Å². The average molecular weight is 745 g/mol. The molecule has 1 aromatic heterocycles. The molecule has 2 heterocycles. The normalized spacial score (nSPS) is 19.7. The fraction of sp³-hybridized carbons (Fsp3) is 0.833. The van der Waals surface area contributed by atoms with Gasteiger partial charge in [-0.05, 0) is 25.2 Å². The van der Waals surface area contributed by atoms with Crippen molar-refractivity contribution in [2.75, 3.05) is 19.8 Å². The maximum atomic E-state index is 12.8. The van der Waals surface area contributed by atoms with Crippen molar-refractivity contribution in [3.8, 4) is 0 Å². The predicted octanol–water partition coefficient (Wildman–Crippen LogP) is 5.57. The van der Waals surface area contributed by atoms with E-state index in [0.29, 0.717) is 25.8 Å². The Morgan fingerprint density at radius 2 is 1.51 bits per heavy atom. The van der Waals surface area contributed by atoms with Gasteiger partial charge in [-0.15, -0.1) is 9.42 Å². The molecule has 14 nitrogen and oxygen atoms in total. The van der Waals surface area contributed by atoms with Crippen molar-refractivity contribution in [2.45, 2.75) is 167 Å². The molecule has 1 saturated heterocycles. The molecule has 2 rings (SSSR count). The van der Waals surface area contributed by atoms with Crippen LogP contribution in [0, 0.1) is 5.92 Å². The van der Waals surface area contributed by atoms with Crippen LogP contribution >= 0.6 is 8.25 Å². The average Bonchev–Trinajstić information content (AvgIpc) is 3.42. The molecule has 0 bridgehead atoms. The van der Waals surface area contributed by atoms with Crippen LogP contribution in [-0.4, -0.2) is 75.6 Å². The Balaban J connectivity index is 1.63. The third kappa shape index (κ3) is 17.7. The number of esters is 1. The van der Waals surface area contributed by atoms with Gasteiger partial charge in [0.1, 0.15) is 12.2 Å². The van der Waals surface area contributed by atoms with Crippen molar-refractivity contribution in [2.24, 2.45) is 5.92 Å². The van der Waals surface area contributed by atoms with Gasteiger partial charge >= 0.3 is 19.9 Å². The number of aromatic amines is 1. The Labute approximate surface area is 303 Å². The first kappa shape index (κ1) is 44.7. The fourth-order valence-corrected chi connectivity index (χ4v) is 6.67. The SMILES string of the molecule is CCCCCCCCCCCCCCCC(=O)OC(C(=O)NCCCCCCO[C@H]1C(O[P+](=O)O)[C@@H](CO)O[C@H]1n1ccc(=O)[nH]c1=O)C(C)C. The molecule has 0 saturated carbocycles. The third-order valence-corrected chi connectivity index (χ3v) is 9.51. The number of carbonyl (C=O) groups is 2. The quantitative estimate of drug-likeness (QED) is 0.0455. The molecule has 0 aromatic carbocycles. The summed E-state index contributed by atoms with van der Waals surface area (Å²) in [6.45, 7) is 6.02. The fourth-order valence-electron chi connectivity index (χ4n) is 6.21. The van der Waals surface area contributed by atoms with Gasteiger partial charge < -0.3 is 24.6 Å². The number of aliphatic hydroxyl groups excluding tert-OH is 1. The van der Waals surface area contributed by atoms with Crippen molar-refractivity contribution in [1.29, 1.82) is 0 Å². The lowest BCUT2D eigenvalue weighted by atomic mass is 10.0. The van der Waals surface area contributed by atoms with E-state index in [9.17, 15) is 33.7 Å². The van der Waals surface area contributed by atoms with Gasteiger partial charge in [-0.25, -0.2) is 4.79 Å². The summed E-state index contributed by atoms with van der Waals surface area (Å²) >= 11 is 0. The molecule has 0 radical (unpaired) electrons. The number of unbranched alkanes of at least 4 members (excludes halogenated alkanes) is 15. The minimum atomic E-state index is -3.06. The van der Waals surface area contributed by atoms with E-state index >= 15 is 0 Å². The molecule has 292 valence electrons. The van der Waals surface area contributed by atoms with E-state index in [1.165, 1.54) is 70.4 Å². The topological polar surface area (TPSA) is 195 Å². The Hall–Kier alpha value is -2.48. The van der Waals surface area contributed by atoms with E-state index in [-0.39, 0.29) is 24.4 Å².